The second-order valence-electron chi connectivity index (χ2n) is 4.59. The molecule has 2 aromatic carbocycles. The minimum absolute atomic E-state index is 0.166. The Labute approximate surface area is 122 Å². The summed E-state index contributed by atoms with van der Waals surface area (Å²) in [4.78, 5) is 2.17. The molecular weight excluding hydrogens is 305 g/mol. The van der Waals surface area contributed by atoms with Crippen molar-refractivity contribution in [3.8, 4) is 0 Å². The van der Waals surface area contributed by atoms with Gasteiger partial charge in [-0.05, 0) is 43.7 Å². The van der Waals surface area contributed by atoms with Gasteiger partial charge >= 0.3 is 0 Å². The third-order valence-electron chi connectivity index (χ3n) is 3.12. The number of nitrogens with zero attached hydrogens (tertiary/aromatic N) is 1. The van der Waals surface area contributed by atoms with Crippen LogP contribution in [0.2, 0.25) is 0 Å². The Morgan fingerprint density at radius 1 is 1.16 bits per heavy atom. The summed E-state index contributed by atoms with van der Waals surface area (Å²) in [5.74, 6) is -0.166. The maximum atomic E-state index is 13.9. The third-order valence-corrected chi connectivity index (χ3v) is 3.62. The molecule has 0 amide bonds. The molecule has 0 bridgehead atoms. The number of hydrogen-bond acceptors (Lipinski definition) is 1. The van der Waals surface area contributed by atoms with E-state index in [1.165, 1.54) is 11.6 Å². The Bertz CT molecular complexity index is 568. The van der Waals surface area contributed by atoms with E-state index >= 15 is 0 Å². The predicted molar refractivity (Wildman–Crippen MR) is 82.0 cm³/mol. The average molecular weight is 322 g/mol. The molecule has 3 heteroatoms. The van der Waals surface area contributed by atoms with Crippen molar-refractivity contribution >= 4 is 21.6 Å². The summed E-state index contributed by atoms with van der Waals surface area (Å²) in [6, 6.07) is 13.5. The highest BCUT2D eigenvalue weighted by Crippen LogP contribution is 2.21. The van der Waals surface area contributed by atoms with Gasteiger partial charge in [-0.1, -0.05) is 34.1 Å². The van der Waals surface area contributed by atoms with Crippen LogP contribution in [0.1, 0.15) is 18.1 Å². The zero-order valence-corrected chi connectivity index (χ0v) is 12.7. The molecule has 0 aliphatic carbocycles. The van der Waals surface area contributed by atoms with Crippen LogP contribution in [0.25, 0.3) is 0 Å². The van der Waals surface area contributed by atoms with Crippen LogP contribution >= 0.6 is 15.9 Å². The maximum absolute atomic E-state index is 13.9. The molecule has 0 unspecified atom stereocenters. The standard InChI is InChI=1S/C16H17BrFN/c1-3-19(15-6-4-5-12(2)9-15)11-13-7-8-14(17)10-16(13)18/h4-10H,3,11H2,1-2H3. The first-order valence-corrected chi connectivity index (χ1v) is 7.15. The van der Waals surface area contributed by atoms with Crippen molar-refractivity contribution in [1.29, 1.82) is 0 Å². The van der Waals surface area contributed by atoms with Gasteiger partial charge in [-0.15, -0.1) is 0 Å². The second kappa shape index (κ2) is 6.20. The van der Waals surface area contributed by atoms with E-state index in [-0.39, 0.29) is 5.82 Å². The molecule has 2 aromatic rings. The highest BCUT2D eigenvalue weighted by atomic mass is 79.9. The third kappa shape index (κ3) is 3.57. The minimum Gasteiger partial charge on any atom is -0.367 e. The fourth-order valence-corrected chi connectivity index (χ4v) is 2.40. The highest BCUT2D eigenvalue weighted by molar-refractivity contribution is 9.10. The first-order valence-electron chi connectivity index (χ1n) is 6.35. The van der Waals surface area contributed by atoms with E-state index in [2.05, 4.69) is 52.9 Å². The molecule has 0 N–H and O–H groups in total. The molecule has 2 rings (SSSR count). The Hall–Kier alpha value is -1.35. The summed E-state index contributed by atoms with van der Waals surface area (Å²) < 4.78 is 14.7. The van der Waals surface area contributed by atoms with E-state index in [4.69, 9.17) is 0 Å². The minimum atomic E-state index is -0.166. The molecule has 0 aliphatic heterocycles. The van der Waals surface area contributed by atoms with E-state index in [0.29, 0.717) is 12.1 Å². The number of hydrogen-bond donors (Lipinski definition) is 0. The molecule has 0 atom stereocenters. The Balaban J connectivity index is 2.24. The molecular formula is C16H17BrFN. The van der Waals surface area contributed by atoms with Crippen LogP contribution in [-0.2, 0) is 6.54 Å². The Kier molecular flexibility index (Phi) is 4.59. The molecule has 0 aromatic heterocycles. The molecule has 100 valence electrons. The highest BCUT2D eigenvalue weighted by Gasteiger charge is 2.09. The quantitative estimate of drug-likeness (QED) is 0.772. The van der Waals surface area contributed by atoms with Crippen LogP contribution in [0.15, 0.2) is 46.9 Å². The van der Waals surface area contributed by atoms with E-state index in [1.807, 2.05) is 18.2 Å². The molecule has 0 saturated heterocycles. The van der Waals surface area contributed by atoms with Crippen LogP contribution < -0.4 is 4.90 Å². The molecule has 0 spiro atoms. The summed E-state index contributed by atoms with van der Waals surface area (Å²) in [6.45, 7) is 5.58. The van der Waals surface area contributed by atoms with Crippen LogP contribution in [-0.4, -0.2) is 6.54 Å². The number of anilines is 1. The largest absolute Gasteiger partial charge is 0.367 e. The molecule has 0 heterocycles. The van der Waals surface area contributed by atoms with Gasteiger partial charge < -0.3 is 4.90 Å². The lowest BCUT2D eigenvalue weighted by Gasteiger charge is -2.24. The Morgan fingerprint density at radius 2 is 1.95 bits per heavy atom. The van der Waals surface area contributed by atoms with Crippen molar-refractivity contribution in [2.75, 3.05) is 11.4 Å². The van der Waals surface area contributed by atoms with Gasteiger partial charge in [-0.25, -0.2) is 4.39 Å². The van der Waals surface area contributed by atoms with Crippen molar-refractivity contribution < 1.29 is 4.39 Å². The predicted octanol–water partition coefficient (Wildman–Crippen LogP) is 4.92. The zero-order valence-electron chi connectivity index (χ0n) is 11.2. The van der Waals surface area contributed by atoms with Crippen molar-refractivity contribution in [1.82, 2.24) is 0 Å². The molecule has 0 fully saturated rings. The molecule has 0 saturated carbocycles. The van der Waals surface area contributed by atoms with Gasteiger partial charge in [0.25, 0.3) is 0 Å². The number of rotatable bonds is 4. The van der Waals surface area contributed by atoms with Crippen molar-refractivity contribution in [2.45, 2.75) is 20.4 Å². The molecule has 0 radical (unpaired) electrons. The van der Waals surface area contributed by atoms with Gasteiger partial charge in [0.1, 0.15) is 5.82 Å². The number of halogens is 2. The zero-order chi connectivity index (χ0) is 13.8. The lowest BCUT2D eigenvalue weighted by Crippen LogP contribution is -2.22. The normalized spacial score (nSPS) is 10.5. The van der Waals surface area contributed by atoms with Crippen molar-refractivity contribution in [3.63, 3.8) is 0 Å². The van der Waals surface area contributed by atoms with Crippen LogP contribution in [0.5, 0.6) is 0 Å². The first kappa shape index (κ1) is 14.1. The Morgan fingerprint density at radius 3 is 2.58 bits per heavy atom. The van der Waals surface area contributed by atoms with E-state index in [1.54, 1.807) is 0 Å². The SMILES string of the molecule is CCN(Cc1ccc(Br)cc1F)c1cccc(C)c1. The summed E-state index contributed by atoms with van der Waals surface area (Å²) in [5.41, 5.74) is 3.06. The maximum Gasteiger partial charge on any atom is 0.129 e. The van der Waals surface area contributed by atoms with Crippen LogP contribution in [0, 0.1) is 12.7 Å². The monoisotopic (exact) mass is 321 g/mol. The van der Waals surface area contributed by atoms with Gasteiger partial charge in [0, 0.05) is 28.8 Å². The summed E-state index contributed by atoms with van der Waals surface area (Å²) in [7, 11) is 0. The van der Waals surface area contributed by atoms with E-state index in [0.717, 1.165) is 16.7 Å². The topological polar surface area (TPSA) is 3.24 Å². The fourth-order valence-electron chi connectivity index (χ4n) is 2.07. The first-order chi connectivity index (χ1) is 9.10. The van der Waals surface area contributed by atoms with Gasteiger partial charge in [-0.2, -0.15) is 0 Å². The molecule has 1 nitrogen and oxygen atoms in total. The van der Waals surface area contributed by atoms with Gasteiger partial charge in [0.05, 0.1) is 0 Å². The molecule has 0 aliphatic rings. The summed E-state index contributed by atoms with van der Waals surface area (Å²) in [6.07, 6.45) is 0. The average Bonchev–Trinajstić information content (AvgIpc) is 2.38. The van der Waals surface area contributed by atoms with Gasteiger partial charge in [0.2, 0.25) is 0 Å². The summed E-state index contributed by atoms with van der Waals surface area (Å²) >= 11 is 3.28. The number of benzene rings is 2. The number of aryl methyl sites for hydroxylation is 1. The molecule has 19 heavy (non-hydrogen) atoms. The van der Waals surface area contributed by atoms with Gasteiger partial charge in [-0.3, -0.25) is 0 Å². The smallest absolute Gasteiger partial charge is 0.129 e. The fraction of sp³-hybridized carbons (Fsp3) is 0.250. The second-order valence-corrected chi connectivity index (χ2v) is 5.50. The van der Waals surface area contributed by atoms with Crippen LogP contribution in [0.3, 0.4) is 0 Å². The van der Waals surface area contributed by atoms with E-state index in [9.17, 15) is 4.39 Å². The van der Waals surface area contributed by atoms with Crippen LogP contribution in [0.4, 0.5) is 10.1 Å². The van der Waals surface area contributed by atoms with Gasteiger partial charge in [0.15, 0.2) is 0 Å². The lowest BCUT2D eigenvalue weighted by molar-refractivity contribution is 0.604. The summed E-state index contributed by atoms with van der Waals surface area (Å²) in [5, 5.41) is 0. The van der Waals surface area contributed by atoms with Crippen molar-refractivity contribution in [2.24, 2.45) is 0 Å². The van der Waals surface area contributed by atoms with E-state index < -0.39 is 0 Å². The lowest BCUT2D eigenvalue weighted by atomic mass is 10.1. The van der Waals surface area contributed by atoms with Crippen molar-refractivity contribution in [3.05, 3.63) is 63.9 Å².